The zero-order chi connectivity index (χ0) is 17.7. The molecule has 0 radical (unpaired) electrons. The third-order valence-electron chi connectivity index (χ3n) is 2.69. The molecule has 24 heavy (non-hydrogen) atoms. The quantitative estimate of drug-likeness (QED) is 0.371. The van der Waals surface area contributed by atoms with Crippen molar-refractivity contribution >= 4 is 58.2 Å². The molecule has 1 aliphatic rings. The first kappa shape index (κ1) is 18.3. The Morgan fingerprint density at radius 2 is 2.08 bits per heavy atom. The van der Waals surface area contributed by atoms with Crippen molar-refractivity contribution in [2.75, 3.05) is 14.2 Å². The van der Waals surface area contributed by atoms with E-state index in [1.165, 1.54) is 20.4 Å². The number of ether oxygens (including phenoxy) is 2. The number of esters is 1. The zero-order valence-electron chi connectivity index (χ0n) is 12.5. The summed E-state index contributed by atoms with van der Waals surface area (Å²) in [6.07, 6.45) is 2.46. The fraction of sp³-hybridized carbons (Fsp3) is 0.143. The monoisotopic (exact) mass is 387 g/mol. The Labute approximate surface area is 151 Å². The van der Waals surface area contributed by atoms with E-state index in [9.17, 15) is 9.59 Å². The molecule has 1 aromatic carbocycles. The normalized spacial score (nSPS) is 17.6. The van der Waals surface area contributed by atoms with Gasteiger partial charge in [0.1, 0.15) is 5.75 Å². The van der Waals surface area contributed by atoms with Crippen LogP contribution in [0, 0.1) is 0 Å². The molecule has 1 heterocycles. The summed E-state index contributed by atoms with van der Waals surface area (Å²) in [5.74, 6) is -0.683. The molecule has 1 aliphatic heterocycles. The molecule has 10 heteroatoms. The number of nitrogens with zero attached hydrogens (tertiary/aromatic N) is 2. The van der Waals surface area contributed by atoms with Crippen molar-refractivity contribution in [2.24, 2.45) is 10.2 Å². The number of amidine groups is 1. The van der Waals surface area contributed by atoms with E-state index >= 15 is 0 Å². The highest BCUT2D eigenvalue weighted by Crippen LogP contribution is 2.31. The molecular formula is C14H11Cl2N3O4S. The van der Waals surface area contributed by atoms with Crippen LogP contribution in [0.3, 0.4) is 0 Å². The second-order valence-corrected chi connectivity index (χ2v) is 6.12. The van der Waals surface area contributed by atoms with E-state index in [2.05, 4.69) is 20.3 Å². The number of hydrogen-bond acceptors (Lipinski definition) is 7. The summed E-state index contributed by atoms with van der Waals surface area (Å²) in [5.41, 5.74) is 0.527. The van der Waals surface area contributed by atoms with Gasteiger partial charge in [0.15, 0.2) is 5.17 Å². The number of benzene rings is 1. The molecule has 1 saturated heterocycles. The van der Waals surface area contributed by atoms with Gasteiger partial charge in [0.05, 0.1) is 30.4 Å². The molecule has 1 aromatic rings. The Hall–Kier alpha value is -2.03. The van der Waals surface area contributed by atoms with E-state index in [0.29, 0.717) is 21.4 Å². The first-order chi connectivity index (χ1) is 11.4. The Morgan fingerprint density at radius 1 is 1.33 bits per heavy atom. The van der Waals surface area contributed by atoms with Crippen LogP contribution in [0.4, 0.5) is 0 Å². The Morgan fingerprint density at radius 3 is 2.75 bits per heavy atom. The molecular weight excluding hydrogens is 377 g/mol. The van der Waals surface area contributed by atoms with Crippen molar-refractivity contribution in [1.29, 1.82) is 0 Å². The zero-order valence-corrected chi connectivity index (χ0v) is 14.8. The molecule has 0 unspecified atom stereocenters. The lowest BCUT2D eigenvalue weighted by Gasteiger charge is -2.06. The topological polar surface area (TPSA) is 89.3 Å². The van der Waals surface area contributed by atoms with Gasteiger partial charge < -0.3 is 9.47 Å². The number of amides is 1. The molecule has 0 aromatic heterocycles. The Bertz CT molecular complexity index is 778. The van der Waals surface area contributed by atoms with Gasteiger partial charge in [-0.1, -0.05) is 23.2 Å². The van der Waals surface area contributed by atoms with Crippen molar-refractivity contribution in [2.45, 2.75) is 0 Å². The lowest BCUT2D eigenvalue weighted by Crippen LogP contribution is -2.19. The molecule has 0 saturated carbocycles. The maximum Gasteiger partial charge on any atom is 0.331 e. The maximum absolute atomic E-state index is 11.7. The summed E-state index contributed by atoms with van der Waals surface area (Å²) >= 11 is 12.9. The summed E-state index contributed by atoms with van der Waals surface area (Å²) < 4.78 is 9.64. The highest BCUT2D eigenvalue weighted by atomic mass is 35.5. The standard InChI is InChI=1S/C14H11Cl2N3O4S/c1-22-11(20)5-10-13(21)18-14(24-10)19-17-6-7-3-8(15)4-9(16)12(7)23-2/h3-6H,1-2H3,(H,18,19,21)/b10-5+,17-6?. The molecule has 0 spiro atoms. The summed E-state index contributed by atoms with van der Waals surface area (Å²) in [7, 11) is 2.69. The number of hydrogen-bond donors (Lipinski definition) is 1. The number of carbonyl (C=O) groups is 2. The first-order valence-electron chi connectivity index (χ1n) is 6.37. The van der Waals surface area contributed by atoms with E-state index in [-0.39, 0.29) is 10.1 Å². The smallest absolute Gasteiger partial charge is 0.331 e. The second kappa shape index (κ2) is 8.18. The summed E-state index contributed by atoms with van der Waals surface area (Å²) in [4.78, 5) is 23.0. The molecule has 0 bridgehead atoms. The summed E-state index contributed by atoms with van der Waals surface area (Å²) in [6.45, 7) is 0. The second-order valence-electron chi connectivity index (χ2n) is 4.25. The van der Waals surface area contributed by atoms with E-state index in [0.717, 1.165) is 17.8 Å². The Balaban J connectivity index is 2.18. The molecule has 0 aliphatic carbocycles. The van der Waals surface area contributed by atoms with Crippen LogP contribution in [0.2, 0.25) is 10.0 Å². The van der Waals surface area contributed by atoms with Crippen molar-refractivity contribution in [3.8, 4) is 5.75 Å². The molecule has 2 rings (SSSR count). The number of carbonyl (C=O) groups excluding carboxylic acids is 2. The number of methoxy groups -OCH3 is 2. The lowest BCUT2D eigenvalue weighted by molar-refractivity contribution is -0.135. The van der Waals surface area contributed by atoms with Crippen LogP contribution in [-0.4, -0.2) is 37.5 Å². The molecule has 126 valence electrons. The number of halogens is 2. The molecule has 1 amide bonds. The molecule has 1 fully saturated rings. The average Bonchev–Trinajstić information content (AvgIpc) is 2.86. The minimum atomic E-state index is -0.629. The molecule has 7 nitrogen and oxygen atoms in total. The third-order valence-corrected chi connectivity index (χ3v) is 4.09. The van der Waals surface area contributed by atoms with Gasteiger partial charge in [0.25, 0.3) is 5.91 Å². The van der Waals surface area contributed by atoms with Crippen LogP contribution in [0.5, 0.6) is 5.75 Å². The van der Waals surface area contributed by atoms with Gasteiger partial charge in [0.2, 0.25) is 0 Å². The van der Waals surface area contributed by atoms with E-state index in [4.69, 9.17) is 27.9 Å². The van der Waals surface area contributed by atoms with Crippen LogP contribution in [0.1, 0.15) is 5.56 Å². The maximum atomic E-state index is 11.7. The summed E-state index contributed by atoms with van der Waals surface area (Å²) in [6, 6.07) is 3.15. The molecule has 1 N–H and O–H groups in total. The SMILES string of the molecule is COC(=O)/C=C1/S/C(=N\N=Cc2cc(Cl)cc(Cl)c2OC)NC1=O. The largest absolute Gasteiger partial charge is 0.495 e. The highest BCUT2D eigenvalue weighted by molar-refractivity contribution is 8.18. The predicted molar refractivity (Wildman–Crippen MR) is 93.9 cm³/mol. The number of rotatable bonds is 4. The van der Waals surface area contributed by atoms with Crippen LogP contribution >= 0.6 is 35.0 Å². The van der Waals surface area contributed by atoms with Gasteiger partial charge in [0, 0.05) is 16.7 Å². The van der Waals surface area contributed by atoms with Crippen LogP contribution in [0.25, 0.3) is 0 Å². The Kier molecular flexibility index (Phi) is 6.24. The van der Waals surface area contributed by atoms with Crippen molar-refractivity contribution < 1.29 is 19.1 Å². The fourth-order valence-electron chi connectivity index (χ4n) is 1.68. The van der Waals surface area contributed by atoms with Gasteiger partial charge in [-0.25, -0.2) is 4.79 Å². The van der Waals surface area contributed by atoms with Gasteiger partial charge in [-0.05, 0) is 23.9 Å². The predicted octanol–water partition coefficient (Wildman–Crippen LogP) is 2.61. The van der Waals surface area contributed by atoms with Gasteiger partial charge >= 0.3 is 5.97 Å². The van der Waals surface area contributed by atoms with E-state index < -0.39 is 11.9 Å². The summed E-state index contributed by atoms with van der Waals surface area (Å²) in [5, 5.41) is 11.2. The van der Waals surface area contributed by atoms with Gasteiger partial charge in [-0.3, -0.25) is 10.1 Å². The number of thioether (sulfide) groups is 1. The minimum absolute atomic E-state index is 0.166. The van der Waals surface area contributed by atoms with Crippen molar-refractivity contribution in [3.05, 3.63) is 38.7 Å². The average molecular weight is 388 g/mol. The van der Waals surface area contributed by atoms with Crippen LogP contribution < -0.4 is 10.1 Å². The van der Waals surface area contributed by atoms with E-state index in [1.807, 2.05) is 0 Å². The van der Waals surface area contributed by atoms with Crippen LogP contribution in [0.15, 0.2) is 33.3 Å². The highest BCUT2D eigenvalue weighted by Gasteiger charge is 2.25. The third kappa shape index (κ3) is 4.50. The number of nitrogens with one attached hydrogen (secondary N) is 1. The van der Waals surface area contributed by atoms with Gasteiger partial charge in [-0.2, -0.15) is 5.10 Å². The van der Waals surface area contributed by atoms with Crippen LogP contribution in [-0.2, 0) is 14.3 Å². The first-order valence-corrected chi connectivity index (χ1v) is 7.94. The minimum Gasteiger partial charge on any atom is -0.495 e. The van der Waals surface area contributed by atoms with Crippen molar-refractivity contribution in [1.82, 2.24) is 5.32 Å². The van der Waals surface area contributed by atoms with E-state index in [1.54, 1.807) is 12.1 Å². The van der Waals surface area contributed by atoms with Gasteiger partial charge in [-0.15, -0.1) is 5.10 Å². The fourth-order valence-corrected chi connectivity index (χ4v) is 3.00. The molecule has 0 atom stereocenters. The van der Waals surface area contributed by atoms with Crippen molar-refractivity contribution in [3.63, 3.8) is 0 Å². The lowest BCUT2D eigenvalue weighted by atomic mass is 10.2.